The minimum absolute atomic E-state index is 0.123. The first-order chi connectivity index (χ1) is 9.61. The number of ether oxygens (including phenoxy) is 1. The zero-order valence-corrected chi connectivity index (χ0v) is 12.2. The van der Waals surface area contributed by atoms with Crippen LogP contribution in [0.3, 0.4) is 0 Å². The van der Waals surface area contributed by atoms with Gasteiger partial charge in [-0.25, -0.2) is 13.1 Å². The van der Waals surface area contributed by atoms with Gasteiger partial charge in [-0.05, 0) is 25.5 Å². The van der Waals surface area contributed by atoms with Gasteiger partial charge < -0.3 is 9.84 Å². The van der Waals surface area contributed by atoms with E-state index in [9.17, 15) is 8.42 Å². The Morgan fingerprint density at radius 2 is 2.10 bits per heavy atom. The zero-order valence-electron chi connectivity index (χ0n) is 11.4. The van der Waals surface area contributed by atoms with Gasteiger partial charge in [0.05, 0.1) is 4.90 Å². The van der Waals surface area contributed by atoms with Crippen molar-refractivity contribution in [3.63, 3.8) is 0 Å². The monoisotopic (exact) mass is 297 g/mol. The Morgan fingerprint density at radius 3 is 2.80 bits per heavy atom. The molecule has 0 saturated carbocycles. The fourth-order valence-corrected chi connectivity index (χ4v) is 2.78. The van der Waals surface area contributed by atoms with E-state index in [1.165, 1.54) is 6.07 Å². The van der Waals surface area contributed by atoms with E-state index < -0.39 is 10.0 Å². The molecule has 1 rings (SSSR count). The molecule has 2 N–H and O–H groups in total. The molecule has 0 fully saturated rings. The maximum absolute atomic E-state index is 12.2. The van der Waals surface area contributed by atoms with Gasteiger partial charge >= 0.3 is 0 Å². The first-order valence-electron chi connectivity index (χ1n) is 6.38. The Bertz CT molecular complexity index is 572. The fourth-order valence-electron chi connectivity index (χ4n) is 1.54. The summed E-state index contributed by atoms with van der Waals surface area (Å²) in [7, 11) is -3.60. The first kappa shape index (κ1) is 16.7. The van der Waals surface area contributed by atoms with Crippen LogP contribution < -0.4 is 4.72 Å². The number of benzene rings is 1. The molecule has 1 aromatic carbocycles. The van der Waals surface area contributed by atoms with Gasteiger partial charge in [0, 0.05) is 25.3 Å². The van der Waals surface area contributed by atoms with Crippen LogP contribution in [0.5, 0.6) is 0 Å². The highest BCUT2D eigenvalue weighted by Crippen LogP contribution is 2.14. The van der Waals surface area contributed by atoms with Crippen LogP contribution >= 0.6 is 0 Å². The van der Waals surface area contributed by atoms with Crippen LogP contribution in [0.2, 0.25) is 0 Å². The highest BCUT2D eigenvalue weighted by atomic mass is 32.2. The van der Waals surface area contributed by atoms with Crippen molar-refractivity contribution in [3.05, 3.63) is 29.8 Å². The molecule has 0 unspecified atom stereocenters. The summed E-state index contributed by atoms with van der Waals surface area (Å²) in [5.74, 6) is 5.09. The van der Waals surface area contributed by atoms with Crippen LogP contribution in [0.1, 0.15) is 18.9 Å². The minimum atomic E-state index is -3.60. The van der Waals surface area contributed by atoms with Crippen molar-refractivity contribution < 1.29 is 18.3 Å². The number of hydrogen-bond donors (Lipinski definition) is 2. The van der Waals surface area contributed by atoms with Gasteiger partial charge in [-0.3, -0.25) is 0 Å². The molecule has 0 bridgehead atoms. The van der Waals surface area contributed by atoms with Crippen molar-refractivity contribution in [3.8, 4) is 11.8 Å². The van der Waals surface area contributed by atoms with E-state index in [0.29, 0.717) is 31.7 Å². The summed E-state index contributed by atoms with van der Waals surface area (Å²) in [5, 5.41) is 8.69. The van der Waals surface area contributed by atoms with E-state index in [4.69, 9.17) is 9.84 Å². The zero-order chi connectivity index (χ0) is 14.8. The third-order valence-electron chi connectivity index (χ3n) is 2.44. The summed E-state index contributed by atoms with van der Waals surface area (Å²) < 4.78 is 32.0. The minimum Gasteiger partial charge on any atom is -0.384 e. The first-order valence-corrected chi connectivity index (χ1v) is 7.86. The summed E-state index contributed by atoms with van der Waals surface area (Å²) in [4.78, 5) is 0.123. The van der Waals surface area contributed by atoms with E-state index in [1.54, 1.807) is 18.2 Å². The molecule has 0 radical (unpaired) electrons. The summed E-state index contributed by atoms with van der Waals surface area (Å²) in [6.45, 7) is 3.03. The number of aliphatic hydroxyl groups is 1. The molecule has 0 saturated heterocycles. The van der Waals surface area contributed by atoms with Gasteiger partial charge in [0.1, 0.15) is 6.61 Å². The Hall–Kier alpha value is -1.39. The SMILES string of the molecule is CCOCCCNS(=O)(=O)c1ccccc1C#CCO. The number of hydrogen-bond acceptors (Lipinski definition) is 4. The van der Waals surface area contributed by atoms with Crippen molar-refractivity contribution in [1.82, 2.24) is 4.72 Å². The van der Waals surface area contributed by atoms with Crippen molar-refractivity contribution in [1.29, 1.82) is 0 Å². The number of nitrogens with one attached hydrogen (secondary N) is 1. The molecule has 20 heavy (non-hydrogen) atoms. The molecule has 0 aliphatic rings. The molecule has 0 heterocycles. The van der Waals surface area contributed by atoms with Gasteiger partial charge in [0.25, 0.3) is 0 Å². The van der Waals surface area contributed by atoms with Crippen molar-refractivity contribution in [2.24, 2.45) is 0 Å². The molecular formula is C14H19NO4S. The highest BCUT2D eigenvalue weighted by Gasteiger charge is 2.16. The predicted molar refractivity (Wildman–Crippen MR) is 76.7 cm³/mol. The highest BCUT2D eigenvalue weighted by molar-refractivity contribution is 7.89. The van der Waals surface area contributed by atoms with Crippen LogP contribution in [0.25, 0.3) is 0 Å². The molecule has 0 atom stereocenters. The second kappa shape index (κ2) is 8.72. The van der Waals surface area contributed by atoms with Gasteiger partial charge in [-0.2, -0.15) is 0 Å². The van der Waals surface area contributed by atoms with Crippen LogP contribution in [-0.2, 0) is 14.8 Å². The molecule has 0 amide bonds. The number of aliphatic hydroxyl groups excluding tert-OH is 1. The smallest absolute Gasteiger partial charge is 0.241 e. The third kappa shape index (κ3) is 5.31. The molecule has 6 heteroatoms. The number of sulfonamides is 1. The van der Waals surface area contributed by atoms with Crippen LogP contribution in [0.4, 0.5) is 0 Å². The summed E-state index contributed by atoms with van der Waals surface area (Å²) >= 11 is 0. The summed E-state index contributed by atoms with van der Waals surface area (Å²) in [6.07, 6.45) is 0.609. The normalized spacial score (nSPS) is 10.9. The maximum Gasteiger partial charge on any atom is 0.241 e. The van der Waals surface area contributed by atoms with E-state index in [2.05, 4.69) is 16.6 Å². The third-order valence-corrected chi connectivity index (χ3v) is 3.96. The molecule has 0 aliphatic heterocycles. The molecular weight excluding hydrogens is 278 g/mol. The lowest BCUT2D eigenvalue weighted by molar-refractivity contribution is 0.146. The second-order valence-electron chi connectivity index (χ2n) is 3.90. The lowest BCUT2D eigenvalue weighted by Gasteiger charge is -2.08. The van der Waals surface area contributed by atoms with E-state index in [-0.39, 0.29) is 11.5 Å². The molecule has 0 aromatic heterocycles. The van der Waals surface area contributed by atoms with Crippen molar-refractivity contribution in [2.75, 3.05) is 26.4 Å². The maximum atomic E-state index is 12.2. The lowest BCUT2D eigenvalue weighted by Crippen LogP contribution is -2.26. The average molecular weight is 297 g/mol. The Kier molecular flexibility index (Phi) is 7.26. The Balaban J connectivity index is 2.77. The lowest BCUT2D eigenvalue weighted by atomic mass is 10.2. The Morgan fingerprint density at radius 1 is 1.35 bits per heavy atom. The molecule has 0 aliphatic carbocycles. The fraction of sp³-hybridized carbons (Fsp3) is 0.429. The van der Waals surface area contributed by atoms with Crippen LogP contribution in [-0.4, -0.2) is 39.9 Å². The van der Waals surface area contributed by atoms with E-state index in [0.717, 1.165) is 0 Å². The number of rotatable bonds is 7. The Labute approximate surface area is 120 Å². The topological polar surface area (TPSA) is 75.6 Å². The molecule has 110 valence electrons. The largest absolute Gasteiger partial charge is 0.384 e. The van der Waals surface area contributed by atoms with Crippen LogP contribution in [0, 0.1) is 11.8 Å². The van der Waals surface area contributed by atoms with E-state index >= 15 is 0 Å². The van der Waals surface area contributed by atoms with E-state index in [1.807, 2.05) is 6.92 Å². The van der Waals surface area contributed by atoms with Crippen molar-refractivity contribution in [2.45, 2.75) is 18.2 Å². The van der Waals surface area contributed by atoms with Gasteiger partial charge in [-0.15, -0.1) is 0 Å². The molecule has 0 spiro atoms. The van der Waals surface area contributed by atoms with Crippen molar-refractivity contribution >= 4 is 10.0 Å². The predicted octanol–water partition coefficient (Wildman–Crippen LogP) is 0.735. The van der Waals surface area contributed by atoms with Gasteiger partial charge in [0.15, 0.2) is 0 Å². The molecule has 1 aromatic rings. The quantitative estimate of drug-likeness (QED) is 0.575. The second-order valence-corrected chi connectivity index (χ2v) is 5.64. The summed E-state index contributed by atoms with van der Waals surface area (Å²) in [5.41, 5.74) is 0.374. The standard InChI is InChI=1S/C14H19NO4S/c1-2-19-12-6-10-15-20(17,18)14-9-4-3-7-13(14)8-5-11-16/h3-4,7,9,15-16H,2,6,10-12H2,1H3. The summed E-state index contributed by atoms with van der Waals surface area (Å²) in [6, 6.07) is 6.44. The average Bonchev–Trinajstić information content (AvgIpc) is 2.45. The van der Waals surface area contributed by atoms with Gasteiger partial charge in [0.2, 0.25) is 10.0 Å². The molecule has 5 nitrogen and oxygen atoms in total. The van der Waals surface area contributed by atoms with Gasteiger partial charge in [-0.1, -0.05) is 24.0 Å². The van der Waals surface area contributed by atoms with Crippen LogP contribution in [0.15, 0.2) is 29.2 Å².